The van der Waals surface area contributed by atoms with Crippen LogP contribution < -0.4 is 0 Å². The predicted octanol–water partition coefficient (Wildman–Crippen LogP) is 3.33. The van der Waals surface area contributed by atoms with E-state index < -0.39 is 0 Å². The Bertz CT molecular complexity index is 615. The zero-order valence-corrected chi connectivity index (χ0v) is 17.2. The molecule has 4 nitrogen and oxygen atoms in total. The van der Waals surface area contributed by atoms with Crippen molar-refractivity contribution >= 4 is 5.91 Å². The Hall–Kier alpha value is -1.39. The summed E-state index contributed by atoms with van der Waals surface area (Å²) in [6.45, 7) is 11.9. The molecule has 0 aromatic heterocycles. The first-order chi connectivity index (χ1) is 12.2. The Balaban J connectivity index is 1.53. The largest absolute Gasteiger partial charge is 0.333 e. The van der Waals surface area contributed by atoms with Crippen LogP contribution in [0, 0.1) is 11.3 Å². The Morgan fingerprint density at radius 2 is 1.81 bits per heavy atom. The molecule has 4 heteroatoms. The minimum Gasteiger partial charge on any atom is -0.333 e. The second kappa shape index (κ2) is 7.69. The number of rotatable bonds is 5. The van der Waals surface area contributed by atoms with Gasteiger partial charge in [0.2, 0.25) is 0 Å². The molecule has 0 N–H and O–H groups in total. The van der Waals surface area contributed by atoms with Crippen LogP contribution in [0.25, 0.3) is 0 Å². The van der Waals surface area contributed by atoms with E-state index in [0.29, 0.717) is 5.41 Å². The molecule has 0 unspecified atom stereocenters. The molecule has 1 heterocycles. The number of nitrogens with zero attached hydrogens (tertiary/aromatic N) is 3. The molecular weight excluding hydrogens is 322 g/mol. The number of hydrogen-bond donors (Lipinski definition) is 0. The van der Waals surface area contributed by atoms with Crippen LogP contribution >= 0.6 is 0 Å². The van der Waals surface area contributed by atoms with Crippen LogP contribution in [0.15, 0.2) is 24.3 Å². The topological polar surface area (TPSA) is 26.8 Å². The minimum atomic E-state index is 0.179. The highest BCUT2D eigenvalue weighted by molar-refractivity contribution is 5.94. The minimum absolute atomic E-state index is 0.179. The smallest absolute Gasteiger partial charge is 0.254 e. The van der Waals surface area contributed by atoms with E-state index in [1.165, 1.54) is 24.9 Å². The Kier molecular flexibility index (Phi) is 5.73. The second-order valence-electron chi connectivity index (χ2n) is 9.48. The van der Waals surface area contributed by atoms with E-state index in [9.17, 15) is 4.79 Å². The lowest BCUT2D eigenvalue weighted by atomic mass is 9.64. The van der Waals surface area contributed by atoms with Gasteiger partial charge in [-0.1, -0.05) is 26.0 Å². The molecule has 2 aliphatic rings. The summed E-state index contributed by atoms with van der Waals surface area (Å²) in [6, 6.07) is 8.40. The lowest BCUT2D eigenvalue weighted by Crippen LogP contribution is -2.55. The van der Waals surface area contributed by atoms with Crippen molar-refractivity contribution in [1.82, 2.24) is 14.7 Å². The molecule has 1 atom stereocenters. The van der Waals surface area contributed by atoms with Crippen molar-refractivity contribution in [2.75, 3.05) is 40.3 Å². The summed E-state index contributed by atoms with van der Waals surface area (Å²) in [5.74, 6) is 1.03. The standard InChI is InChI=1S/C22H35N3O/c1-17-14-24(16-19-12-22(2,3)13-19)10-11-25(17)21(26)20-8-6-18(7-9-20)15-23(4)5/h6-9,17,19H,10-16H2,1-5H3/t17-/m0/s1. The Morgan fingerprint density at radius 1 is 1.15 bits per heavy atom. The Morgan fingerprint density at radius 3 is 2.35 bits per heavy atom. The lowest BCUT2D eigenvalue weighted by molar-refractivity contribution is 0.0226. The Labute approximate surface area is 159 Å². The first-order valence-corrected chi connectivity index (χ1v) is 10.0. The number of benzene rings is 1. The molecule has 1 saturated carbocycles. The molecule has 1 saturated heterocycles. The zero-order chi connectivity index (χ0) is 18.9. The van der Waals surface area contributed by atoms with E-state index in [4.69, 9.17) is 0 Å². The normalized spacial score (nSPS) is 23.9. The van der Waals surface area contributed by atoms with Crippen molar-refractivity contribution in [2.45, 2.75) is 46.2 Å². The van der Waals surface area contributed by atoms with Gasteiger partial charge in [0.1, 0.15) is 0 Å². The summed E-state index contributed by atoms with van der Waals surface area (Å²) in [5, 5.41) is 0. The fourth-order valence-electron chi connectivity index (χ4n) is 4.78. The number of carbonyl (C=O) groups is 1. The average molecular weight is 358 g/mol. The molecule has 1 aliphatic heterocycles. The summed E-state index contributed by atoms with van der Waals surface area (Å²) in [4.78, 5) is 19.7. The molecule has 26 heavy (non-hydrogen) atoms. The summed E-state index contributed by atoms with van der Waals surface area (Å²) >= 11 is 0. The molecule has 1 aliphatic carbocycles. The van der Waals surface area contributed by atoms with Gasteiger partial charge in [0.25, 0.3) is 5.91 Å². The monoisotopic (exact) mass is 357 g/mol. The first kappa shape index (κ1) is 19.4. The van der Waals surface area contributed by atoms with Gasteiger partial charge in [-0.15, -0.1) is 0 Å². The third-order valence-electron chi connectivity index (χ3n) is 5.87. The number of amides is 1. The van der Waals surface area contributed by atoms with Gasteiger partial charge < -0.3 is 9.80 Å². The van der Waals surface area contributed by atoms with E-state index in [0.717, 1.165) is 37.7 Å². The molecule has 3 rings (SSSR count). The molecule has 0 radical (unpaired) electrons. The van der Waals surface area contributed by atoms with Gasteiger partial charge in [-0.05, 0) is 62.9 Å². The van der Waals surface area contributed by atoms with Crippen LogP contribution in [0.5, 0.6) is 0 Å². The van der Waals surface area contributed by atoms with Crippen molar-refractivity contribution in [2.24, 2.45) is 11.3 Å². The summed E-state index contributed by atoms with van der Waals surface area (Å²) in [5.41, 5.74) is 2.61. The van der Waals surface area contributed by atoms with Crippen LogP contribution in [0.1, 0.15) is 49.5 Å². The fraction of sp³-hybridized carbons (Fsp3) is 0.682. The van der Waals surface area contributed by atoms with Crippen LogP contribution in [-0.2, 0) is 6.54 Å². The van der Waals surface area contributed by atoms with Crippen LogP contribution in [0.4, 0.5) is 0 Å². The molecular formula is C22H35N3O. The SMILES string of the molecule is C[C@H]1CN(CC2CC(C)(C)C2)CCN1C(=O)c1ccc(CN(C)C)cc1. The first-order valence-electron chi connectivity index (χ1n) is 10.0. The zero-order valence-electron chi connectivity index (χ0n) is 17.2. The highest BCUT2D eigenvalue weighted by Gasteiger charge is 2.38. The van der Waals surface area contributed by atoms with Crippen molar-refractivity contribution in [3.8, 4) is 0 Å². The summed E-state index contributed by atoms with van der Waals surface area (Å²) in [7, 11) is 4.12. The molecule has 2 fully saturated rings. The molecule has 1 aromatic carbocycles. The molecule has 1 aromatic rings. The van der Waals surface area contributed by atoms with E-state index in [1.807, 2.05) is 12.1 Å². The van der Waals surface area contributed by atoms with Crippen molar-refractivity contribution < 1.29 is 4.79 Å². The quantitative estimate of drug-likeness (QED) is 0.809. The van der Waals surface area contributed by atoms with Gasteiger partial charge >= 0.3 is 0 Å². The van der Waals surface area contributed by atoms with E-state index in [2.05, 4.69) is 61.7 Å². The number of piperazine rings is 1. The van der Waals surface area contributed by atoms with Crippen molar-refractivity contribution in [1.29, 1.82) is 0 Å². The average Bonchev–Trinajstić information content (AvgIpc) is 2.53. The highest BCUT2D eigenvalue weighted by atomic mass is 16.2. The third-order valence-corrected chi connectivity index (χ3v) is 5.87. The van der Waals surface area contributed by atoms with E-state index >= 15 is 0 Å². The molecule has 144 valence electrons. The van der Waals surface area contributed by atoms with Gasteiger partial charge in [-0.3, -0.25) is 9.69 Å². The molecule has 0 spiro atoms. The predicted molar refractivity (Wildman–Crippen MR) is 107 cm³/mol. The summed E-state index contributed by atoms with van der Waals surface area (Å²) in [6.07, 6.45) is 2.69. The fourth-order valence-corrected chi connectivity index (χ4v) is 4.78. The molecule has 1 amide bonds. The molecule has 0 bridgehead atoms. The maximum absolute atomic E-state index is 12.9. The van der Waals surface area contributed by atoms with Crippen molar-refractivity contribution in [3.63, 3.8) is 0 Å². The van der Waals surface area contributed by atoms with Gasteiger partial charge in [0.05, 0.1) is 0 Å². The van der Waals surface area contributed by atoms with Crippen LogP contribution in [0.3, 0.4) is 0 Å². The van der Waals surface area contributed by atoms with Crippen molar-refractivity contribution in [3.05, 3.63) is 35.4 Å². The van der Waals surface area contributed by atoms with Gasteiger partial charge in [-0.25, -0.2) is 0 Å². The maximum atomic E-state index is 12.9. The van der Waals surface area contributed by atoms with Gasteiger partial charge in [0, 0.05) is 44.3 Å². The highest BCUT2D eigenvalue weighted by Crippen LogP contribution is 2.45. The van der Waals surface area contributed by atoms with Crippen LogP contribution in [0.2, 0.25) is 0 Å². The maximum Gasteiger partial charge on any atom is 0.254 e. The van der Waals surface area contributed by atoms with Crippen LogP contribution in [-0.4, -0.2) is 66.9 Å². The van der Waals surface area contributed by atoms with Gasteiger partial charge in [-0.2, -0.15) is 0 Å². The van der Waals surface area contributed by atoms with E-state index in [1.54, 1.807) is 0 Å². The lowest BCUT2D eigenvalue weighted by Gasteiger charge is -2.47. The third kappa shape index (κ3) is 4.66. The number of hydrogen-bond acceptors (Lipinski definition) is 3. The number of carbonyl (C=O) groups excluding carboxylic acids is 1. The summed E-state index contributed by atoms with van der Waals surface area (Å²) < 4.78 is 0. The second-order valence-corrected chi connectivity index (χ2v) is 9.48. The van der Waals surface area contributed by atoms with E-state index in [-0.39, 0.29) is 11.9 Å². The van der Waals surface area contributed by atoms with Gasteiger partial charge in [0.15, 0.2) is 0 Å².